The summed E-state index contributed by atoms with van der Waals surface area (Å²) in [6.07, 6.45) is 2.40. The quantitative estimate of drug-likeness (QED) is 0.642. The minimum Gasteiger partial charge on any atom is -0.493 e. The van der Waals surface area contributed by atoms with Crippen molar-refractivity contribution < 1.29 is 9.66 Å². The number of ether oxygens (including phenoxy) is 1. The van der Waals surface area contributed by atoms with Crippen molar-refractivity contribution in [2.24, 2.45) is 5.73 Å². The van der Waals surface area contributed by atoms with E-state index in [1.165, 1.54) is 12.1 Å². The first-order valence-corrected chi connectivity index (χ1v) is 6.21. The topological polar surface area (TPSA) is 91.3 Å². The van der Waals surface area contributed by atoms with Crippen molar-refractivity contribution >= 4 is 5.69 Å². The number of pyridine rings is 1. The number of benzene rings is 1. The predicted molar refractivity (Wildman–Crippen MR) is 74.4 cm³/mol. The molecule has 1 aromatic carbocycles. The summed E-state index contributed by atoms with van der Waals surface area (Å²) < 4.78 is 5.62. The second-order valence-electron chi connectivity index (χ2n) is 4.17. The molecule has 0 bridgehead atoms. The van der Waals surface area contributed by atoms with Gasteiger partial charge in [0.15, 0.2) is 0 Å². The van der Waals surface area contributed by atoms with Crippen LogP contribution in [-0.4, -0.2) is 16.5 Å². The van der Waals surface area contributed by atoms with Gasteiger partial charge in [-0.15, -0.1) is 0 Å². The van der Waals surface area contributed by atoms with Crippen LogP contribution in [0.1, 0.15) is 11.3 Å². The van der Waals surface area contributed by atoms with Gasteiger partial charge in [-0.25, -0.2) is 0 Å². The van der Waals surface area contributed by atoms with Gasteiger partial charge in [-0.2, -0.15) is 0 Å². The Morgan fingerprint density at radius 3 is 2.80 bits per heavy atom. The number of rotatable bonds is 6. The van der Waals surface area contributed by atoms with E-state index in [9.17, 15) is 10.1 Å². The molecule has 6 heteroatoms. The molecule has 0 fully saturated rings. The molecule has 6 nitrogen and oxygen atoms in total. The third-order valence-corrected chi connectivity index (χ3v) is 2.82. The predicted octanol–water partition coefficient (Wildman–Crippen LogP) is 2.07. The van der Waals surface area contributed by atoms with E-state index in [0.29, 0.717) is 24.3 Å². The summed E-state index contributed by atoms with van der Waals surface area (Å²) in [7, 11) is 0. The summed E-state index contributed by atoms with van der Waals surface area (Å²) in [4.78, 5) is 14.4. The Labute approximate surface area is 116 Å². The molecule has 0 saturated heterocycles. The number of aromatic nitrogens is 1. The summed E-state index contributed by atoms with van der Waals surface area (Å²) in [5.41, 5.74) is 7.16. The van der Waals surface area contributed by atoms with Gasteiger partial charge >= 0.3 is 0 Å². The van der Waals surface area contributed by atoms with Crippen LogP contribution in [-0.2, 0) is 13.0 Å². The highest BCUT2D eigenvalue weighted by molar-refractivity contribution is 5.43. The fourth-order valence-corrected chi connectivity index (χ4v) is 1.79. The molecule has 20 heavy (non-hydrogen) atoms. The largest absolute Gasteiger partial charge is 0.493 e. The normalized spacial score (nSPS) is 10.2. The zero-order valence-electron chi connectivity index (χ0n) is 10.9. The molecular weight excluding hydrogens is 258 g/mol. The van der Waals surface area contributed by atoms with Crippen LogP contribution in [0.3, 0.4) is 0 Å². The molecule has 1 heterocycles. The number of nitrogens with two attached hydrogens (primary N) is 1. The highest BCUT2D eigenvalue weighted by atomic mass is 16.6. The van der Waals surface area contributed by atoms with E-state index in [1.807, 2.05) is 18.2 Å². The molecule has 2 aromatic rings. The number of non-ortho nitro benzene ring substituents is 1. The molecule has 0 aliphatic carbocycles. The van der Waals surface area contributed by atoms with Crippen LogP contribution in [0.4, 0.5) is 5.69 Å². The Kier molecular flexibility index (Phi) is 4.62. The first-order chi connectivity index (χ1) is 9.70. The maximum Gasteiger partial charge on any atom is 0.270 e. The van der Waals surface area contributed by atoms with Crippen LogP contribution in [0.25, 0.3) is 0 Å². The molecule has 0 aliphatic rings. The number of nitro benzene ring substituents is 1. The van der Waals surface area contributed by atoms with Crippen LogP contribution in [0, 0.1) is 10.1 Å². The van der Waals surface area contributed by atoms with E-state index in [0.717, 1.165) is 5.69 Å². The minimum atomic E-state index is -0.448. The van der Waals surface area contributed by atoms with Crippen molar-refractivity contribution in [3.8, 4) is 5.75 Å². The van der Waals surface area contributed by atoms with Crippen molar-refractivity contribution in [1.82, 2.24) is 4.98 Å². The Morgan fingerprint density at radius 1 is 1.30 bits per heavy atom. The highest BCUT2D eigenvalue weighted by Gasteiger charge is 2.10. The summed E-state index contributed by atoms with van der Waals surface area (Å²) in [5, 5.41) is 10.7. The molecule has 0 amide bonds. The monoisotopic (exact) mass is 273 g/mol. The van der Waals surface area contributed by atoms with Crippen molar-refractivity contribution in [2.45, 2.75) is 13.0 Å². The molecule has 0 unspecified atom stereocenters. The van der Waals surface area contributed by atoms with E-state index in [1.54, 1.807) is 12.3 Å². The summed E-state index contributed by atoms with van der Waals surface area (Å²) in [6.45, 7) is 0.641. The molecule has 0 radical (unpaired) electrons. The second kappa shape index (κ2) is 6.63. The Morgan fingerprint density at radius 2 is 2.15 bits per heavy atom. The van der Waals surface area contributed by atoms with Gasteiger partial charge in [-0.1, -0.05) is 6.07 Å². The fraction of sp³-hybridized carbons (Fsp3) is 0.214. The van der Waals surface area contributed by atoms with E-state index < -0.39 is 4.92 Å². The van der Waals surface area contributed by atoms with Gasteiger partial charge in [0.05, 0.1) is 11.5 Å². The number of hydrogen-bond acceptors (Lipinski definition) is 5. The molecular formula is C14H15N3O3. The second-order valence-corrected chi connectivity index (χ2v) is 4.17. The Balaban J connectivity index is 2.00. The van der Waals surface area contributed by atoms with Gasteiger partial charge in [0, 0.05) is 42.6 Å². The fourth-order valence-electron chi connectivity index (χ4n) is 1.79. The number of nitrogens with zero attached hydrogens (tertiary/aromatic N) is 2. The zero-order chi connectivity index (χ0) is 14.4. The van der Waals surface area contributed by atoms with Gasteiger partial charge in [0.1, 0.15) is 5.75 Å². The average Bonchev–Trinajstić information content (AvgIpc) is 2.48. The van der Waals surface area contributed by atoms with Crippen LogP contribution in [0.5, 0.6) is 5.75 Å². The van der Waals surface area contributed by atoms with Crippen LogP contribution >= 0.6 is 0 Å². The molecule has 104 valence electrons. The standard InChI is InChI=1S/C14H15N3O3/c15-10-11-9-13(17(18)19)4-5-14(11)20-8-6-12-3-1-2-7-16-12/h1-5,7,9H,6,8,10,15H2. The Bertz CT molecular complexity index is 587. The van der Waals surface area contributed by atoms with E-state index in [4.69, 9.17) is 10.5 Å². The maximum atomic E-state index is 10.7. The summed E-state index contributed by atoms with van der Waals surface area (Å²) in [6, 6.07) is 10.1. The molecule has 2 rings (SSSR count). The molecule has 0 atom stereocenters. The first kappa shape index (κ1) is 14.0. The third-order valence-electron chi connectivity index (χ3n) is 2.82. The van der Waals surface area contributed by atoms with Crippen LogP contribution in [0.15, 0.2) is 42.6 Å². The first-order valence-electron chi connectivity index (χ1n) is 6.21. The lowest BCUT2D eigenvalue weighted by Gasteiger charge is -2.10. The van der Waals surface area contributed by atoms with Gasteiger partial charge in [0.25, 0.3) is 5.69 Å². The van der Waals surface area contributed by atoms with Crippen molar-refractivity contribution in [2.75, 3.05) is 6.61 Å². The molecule has 0 spiro atoms. The van der Waals surface area contributed by atoms with Gasteiger partial charge in [-0.05, 0) is 18.2 Å². The Hall–Kier alpha value is -2.47. The maximum absolute atomic E-state index is 10.7. The lowest BCUT2D eigenvalue weighted by Crippen LogP contribution is -2.07. The third kappa shape index (κ3) is 3.52. The van der Waals surface area contributed by atoms with E-state index in [-0.39, 0.29) is 12.2 Å². The summed E-state index contributed by atoms with van der Waals surface area (Å²) >= 11 is 0. The van der Waals surface area contributed by atoms with Crippen molar-refractivity contribution in [1.29, 1.82) is 0 Å². The number of hydrogen-bond donors (Lipinski definition) is 1. The smallest absolute Gasteiger partial charge is 0.270 e. The summed E-state index contributed by atoms with van der Waals surface area (Å²) in [5.74, 6) is 0.578. The van der Waals surface area contributed by atoms with Crippen molar-refractivity contribution in [3.05, 3.63) is 64.0 Å². The zero-order valence-corrected chi connectivity index (χ0v) is 10.9. The molecule has 0 saturated carbocycles. The van der Waals surface area contributed by atoms with Crippen LogP contribution in [0.2, 0.25) is 0 Å². The number of nitro groups is 1. The lowest BCUT2D eigenvalue weighted by atomic mass is 10.2. The van der Waals surface area contributed by atoms with Crippen molar-refractivity contribution in [3.63, 3.8) is 0 Å². The molecule has 1 aromatic heterocycles. The lowest BCUT2D eigenvalue weighted by molar-refractivity contribution is -0.384. The minimum absolute atomic E-state index is 0.0162. The van der Waals surface area contributed by atoms with E-state index >= 15 is 0 Å². The SMILES string of the molecule is NCc1cc([N+](=O)[O-])ccc1OCCc1ccccn1. The van der Waals surface area contributed by atoms with E-state index in [2.05, 4.69) is 4.98 Å². The average molecular weight is 273 g/mol. The van der Waals surface area contributed by atoms with Gasteiger partial charge in [0.2, 0.25) is 0 Å². The van der Waals surface area contributed by atoms with Crippen LogP contribution < -0.4 is 10.5 Å². The van der Waals surface area contributed by atoms with Gasteiger partial charge < -0.3 is 10.5 Å². The molecule has 2 N–H and O–H groups in total. The highest BCUT2D eigenvalue weighted by Crippen LogP contribution is 2.23. The molecule has 0 aliphatic heterocycles. The van der Waals surface area contributed by atoms with Gasteiger partial charge in [-0.3, -0.25) is 15.1 Å².